The summed E-state index contributed by atoms with van der Waals surface area (Å²) in [7, 11) is 0. The molecule has 0 aromatic heterocycles. The van der Waals surface area contributed by atoms with Gasteiger partial charge < -0.3 is 25.5 Å². The lowest BCUT2D eigenvalue weighted by molar-refractivity contribution is -0.274. The van der Waals surface area contributed by atoms with Crippen LogP contribution in [0, 0.1) is 27.1 Å². The van der Waals surface area contributed by atoms with E-state index in [1.54, 1.807) is 0 Å². The Balaban J connectivity index is 9.16. The minimum Gasteiger partial charge on any atom is -0.393 e. The molecule has 0 amide bonds. The first-order valence-electron chi connectivity index (χ1n) is 13.8. The number of hydrogen-bond acceptors (Lipinski definition) is 11. The van der Waals surface area contributed by atoms with Gasteiger partial charge >= 0.3 is 0 Å². The summed E-state index contributed by atoms with van der Waals surface area (Å²) in [6, 6.07) is 0. The summed E-state index contributed by atoms with van der Waals surface area (Å²) in [5, 5.41) is 60.1. The molecule has 5 N–H and O–H groups in total. The molecule has 0 aromatic rings. The summed E-state index contributed by atoms with van der Waals surface area (Å²) in [5.41, 5.74) is -25.7. The van der Waals surface area contributed by atoms with Gasteiger partial charge in [0.15, 0.2) is 28.7 Å². The van der Waals surface area contributed by atoms with Crippen molar-refractivity contribution in [2.45, 2.75) is 126 Å². The van der Waals surface area contributed by atoms with Gasteiger partial charge in [-0.25, -0.2) is 0 Å². The van der Waals surface area contributed by atoms with Crippen LogP contribution in [0.25, 0.3) is 0 Å². The van der Waals surface area contributed by atoms with Crippen molar-refractivity contribution in [3.8, 4) is 0 Å². The number of Topliss-reactive ketones (excluding diaryl/α,β-unsaturated/α-hetero) is 6. The van der Waals surface area contributed by atoms with Crippen molar-refractivity contribution in [2.75, 3.05) is 6.61 Å². The number of carbonyl (C=O) groups is 6. The van der Waals surface area contributed by atoms with Crippen molar-refractivity contribution in [1.29, 1.82) is 0 Å². The third kappa shape index (κ3) is 6.08. The lowest BCUT2D eigenvalue weighted by Crippen LogP contribution is -2.89. The number of aliphatic hydroxyl groups is 5. The van der Waals surface area contributed by atoms with Crippen LogP contribution < -0.4 is 0 Å². The molecule has 0 aliphatic rings. The zero-order valence-electron chi connectivity index (χ0n) is 27.9. The highest BCUT2D eigenvalue weighted by molar-refractivity contribution is 6.48. The summed E-state index contributed by atoms with van der Waals surface area (Å²) in [6.45, 7) is 16.2. The molecule has 0 saturated carbocycles. The fourth-order valence-corrected chi connectivity index (χ4v) is 4.78. The Morgan fingerprint density at radius 3 is 0.929 bits per heavy atom. The largest absolute Gasteiger partial charge is 0.393 e. The first-order valence-corrected chi connectivity index (χ1v) is 13.8. The monoisotopic (exact) mass is 600 g/mol. The molecular weight excluding hydrogens is 548 g/mol. The minimum atomic E-state index is -4.41. The number of ketones is 6. The van der Waals surface area contributed by atoms with E-state index in [1.165, 1.54) is 83.1 Å². The van der Waals surface area contributed by atoms with E-state index in [1.807, 2.05) is 0 Å². The molecule has 4 atom stereocenters. The van der Waals surface area contributed by atoms with Crippen molar-refractivity contribution in [2.24, 2.45) is 27.1 Å². The van der Waals surface area contributed by atoms with Crippen LogP contribution in [0.1, 0.15) is 104 Å². The fraction of sp³-hybridized carbons (Fsp3) is 0.806. The van der Waals surface area contributed by atoms with Crippen LogP contribution in [0.3, 0.4) is 0 Å². The van der Waals surface area contributed by atoms with Crippen molar-refractivity contribution in [3.63, 3.8) is 0 Å². The van der Waals surface area contributed by atoms with Crippen LogP contribution in [-0.4, -0.2) is 89.2 Å². The van der Waals surface area contributed by atoms with Crippen LogP contribution in [0.4, 0.5) is 0 Å². The molecule has 0 spiro atoms. The molecule has 242 valence electrons. The minimum absolute atomic E-state index is 1.16. The molecule has 0 saturated heterocycles. The highest BCUT2D eigenvalue weighted by atomic mass is 16.4. The van der Waals surface area contributed by atoms with Crippen molar-refractivity contribution in [1.82, 2.24) is 0 Å². The van der Waals surface area contributed by atoms with Gasteiger partial charge in [0.05, 0.1) is 6.61 Å². The second kappa shape index (κ2) is 11.1. The predicted octanol–water partition coefficient (Wildman–Crippen LogP) is 1.55. The van der Waals surface area contributed by atoms with Crippen LogP contribution in [0.2, 0.25) is 0 Å². The summed E-state index contributed by atoms with van der Waals surface area (Å²) in [6.07, 6.45) is 0. The third-order valence-electron chi connectivity index (χ3n) is 7.18. The fourth-order valence-electron chi connectivity index (χ4n) is 4.78. The molecule has 0 aliphatic carbocycles. The third-order valence-corrected chi connectivity index (χ3v) is 7.18. The first-order chi connectivity index (χ1) is 18.0. The summed E-state index contributed by atoms with van der Waals surface area (Å²) in [4.78, 5) is 84.2. The quantitative estimate of drug-likeness (QED) is 0.180. The zero-order valence-corrected chi connectivity index (χ0v) is 27.9. The van der Waals surface area contributed by atoms with Crippen LogP contribution in [-0.2, 0) is 28.8 Å². The molecule has 11 heteroatoms. The molecule has 42 heavy (non-hydrogen) atoms. The molecule has 0 aromatic carbocycles. The Labute approximate surface area is 249 Å². The lowest BCUT2D eigenvalue weighted by atomic mass is 9.49. The highest BCUT2D eigenvalue weighted by Gasteiger charge is 2.83. The van der Waals surface area contributed by atoms with Gasteiger partial charge in [-0.3, -0.25) is 28.8 Å². The van der Waals surface area contributed by atoms with Crippen molar-refractivity contribution < 1.29 is 54.3 Å². The molecule has 0 aliphatic heterocycles. The number of rotatable bonds is 10. The molecule has 0 bridgehead atoms. The Hall–Kier alpha value is -2.18. The maximum Gasteiger partial charge on any atom is 0.241 e. The SMILES string of the molecule is CC(C)(C)C(=O)C(=O)[C@](O)(C(=O)C(C)(C)C)[C@](O)(C(=O)C(C)(C)C)[C@@](O)(C(=O)C(C)(C)C)[C@](O)(CO)C(=O)C(C)(C)C. The van der Waals surface area contributed by atoms with Gasteiger partial charge in [-0.1, -0.05) is 104 Å². The lowest BCUT2D eigenvalue weighted by Gasteiger charge is -2.57. The van der Waals surface area contributed by atoms with Gasteiger partial charge in [-0.05, 0) is 0 Å². The maximum atomic E-state index is 14.4. The second-order valence-corrected chi connectivity index (χ2v) is 16.4. The van der Waals surface area contributed by atoms with E-state index in [4.69, 9.17) is 0 Å². The molecule has 0 unspecified atom stereocenters. The Bertz CT molecular complexity index is 1150. The summed E-state index contributed by atoms with van der Waals surface area (Å²) >= 11 is 0. The van der Waals surface area contributed by atoms with Gasteiger partial charge in [-0.2, -0.15) is 0 Å². The maximum absolute atomic E-state index is 14.4. The average molecular weight is 601 g/mol. The molecule has 0 rings (SSSR count). The van der Waals surface area contributed by atoms with E-state index in [-0.39, 0.29) is 0 Å². The van der Waals surface area contributed by atoms with E-state index >= 15 is 0 Å². The average Bonchev–Trinajstić information content (AvgIpc) is 2.80. The topological polar surface area (TPSA) is 204 Å². The van der Waals surface area contributed by atoms with Crippen LogP contribution >= 0.6 is 0 Å². The molecule has 0 radical (unpaired) electrons. The smallest absolute Gasteiger partial charge is 0.241 e. The van der Waals surface area contributed by atoms with E-state index in [9.17, 15) is 54.3 Å². The second-order valence-electron chi connectivity index (χ2n) is 16.4. The first kappa shape index (κ1) is 39.8. The van der Waals surface area contributed by atoms with E-state index in [0.717, 1.165) is 20.8 Å². The van der Waals surface area contributed by atoms with Crippen LogP contribution in [0.5, 0.6) is 0 Å². The molecule has 0 fully saturated rings. The standard InChI is InChI=1S/C31H52O11/c1-23(2,3)17(33)18(34)29(40,20(36)25(7,8)9)31(42,22(38)27(13,14)15)30(41,21(37)26(10,11)12)28(39,16-32)19(35)24(4,5)6/h32,39-42H,16H2,1-15H3/t28-,29-,30+,31+/m0/s1. The highest BCUT2D eigenvalue weighted by Crippen LogP contribution is 2.51. The van der Waals surface area contributed by atoms with Crippen LogP contribution in [0.15, 0.2) is 0 Å². The van der Waals surface area contributed by atoms with Gasteiger partial charge in [0.1, 0.15) is 0 Å². The molecule has 0 heterocycles. The normalized spacial score (nSPS) is 19.4. The zero-order chi connectivity index (χ0) is 34.7. The Kier molecular flexibility index (Phi) is 10.5. The predicted molar refractivity (Wildman–Crippen MR) is 154 cm³/mol. The Morgan fingerprint density at radius 2 is 0.690 bits per heavy atom. The summed E-state index contributed by atoms with van der Waals surface area (Å²) < 4.78 is 0. The van der Waals surface area contributed by atoms with E-state index < -0.39 is 90.8 Å². The number of carbonyl (C=O) groups excluding carboxylic acids is 6. The van der Waals surface area contributed by atoms with Crippen molar-refractivity contribution in [3.05, 3.63) is 0 Å². The van der Waals surface area contributed by atoms with E-state index in [0.29, 0.717) is 0 Å². The van der Waals surface area contributed by atoms with Gasteiger partial charge in [-0.15, -0.1) is 0 Å². The summed E-state index contributed by atoms with van der Waals surface area (Å²) in [5.74, 6) is -10.1. The van der Waals surface area contributed by atoms with Gasteiger partial charge in [0.2, 0.25) is 28.4 Å². The van der Waals surface area contributed by atoms with Gasteiger partial charge in [0, 0.05) is 27.1 Å². The molecular formula is C31H52O11. The number of hydrogen-bond donors (Lipinski definition) is 5. The molecule has 11 nitrogen and oxygen atoms in total. The van der Waals surface area contributed by atoms with E-state index in [2.05, 4.69) is 0 Å². The van der Waals surface area contributed by atoms with Crippen molar-refractivity contribution >= 4 is 34.7 Å². The number of aliphatic hydroxyl groups excluding tert-OH is 1. The van der Waals surface area contributed by atoms with Gasteiger partial charge in [0.25, 0.3) is 0 Å². The Morgan fingerprint density at radius 1 is 0.405 bits per heavy atom.